The van der Waals surface area contributed by atoms with Crippen molar-refractivity contribution in [1.29, 1.82) is 0 Å². The summed E-state index contributed by atoms with van der Waals surface area (Å²) in [6.45, 7) is 2.06. The van der Waals surface area contributed by atoms with Crippen molar-refractivity contribution in [2.45, 2.75) is 6.92 Å². The number of para-hydroxylation sites is 1. The molecule has 3 nitrogen and oxygen atoms in total. The van der Waals surface area contributed by atoms with Crippen molar-refractivity contribution in [2.24, 2.45) is 0 Å². The quantitative estimate of drug-likeness (QED) is 0.617. The van der Waals surface area contributed by atoms with Gasteiger partial charge in [0.2, 0.25) is 0 Å². The van der Waals surface area contributed by atoms with Gasteiger partial charge >= 0.3 is 0 Å². The van der Waals surface area contributed by atoms with Crippen LogP contribution in [-0.4, -0.2) is 15.0 Å². The molecule has 0 saturated heterocycles. The molecule has 1 aromatic heterocycles. The lowest BCUT2D eigenvalue weighted by molar-refractivity contribution is 0.824. The van der Waals surface area contributed by atoms with Crippen LogP contribution >= 0.6 is 0 Å². The topological polar surface area (TPSA) is 30.7 Å². The molecule has 1 heterocycles. The Bertz CT molecular complexity index is 626. The average Bonchev–Trinajstić information content (AvgIpc) is 2.73. The minimum absolute atomic E-state index is 0.934. The van der Waals surface area contributed by atoms with Crippen LogP contribution in [0.4, 0.5) is 0 Å². The van der Waals surface area contributed by atoms with E-state index in [1.165, 1.54) is 5.56 Å². The van der Waals surface area contributed by atoms with Crippen LogP contribution in [0.3, 0.4) is 0 Å². The van der Waals surface area contributed by atoms with E-state index in [0.29, 0.717) is 0 Å². The highest BCUT2D eigenvalue weighted by Crippen LogP contribution is 2.16. The maximum Gasteiger partial charge on any atom is 0.113 e. The Morgan fingerprint density at radius 2 is 1.81 bits per heavy atom. The van der Waals surface area contributed by atoms with E-state index in [-0.39, 0.29) is 0 Å². The zero-order valence-electron chi connectivity index (χ0n) is 8.96. The molecule has 3 aromatic rings. The van der Waals surface area contributed by atoms with Gasteiger partial charge in [-0.2, -0.15) is 0 Å². The van der Waals surface area contributed by atoms with Crippen LogP contribution in [0.5, 0.6) is 0 Å². The van der Waals surface area contributed by atoms with Gasteiger partial charge in [-0.15, -0.1) is 5.10 Å². The van der Waals surface area contributed by atoms with Crippen LogP contribution in [0.2, 0.25) is 0 Å². The van der Waals surface area contributed by atoms with Crippen LogP contribution in [0.1, 0.15) is 5.56 Å². The fourth-order valence-electron chi connectivity index (χ4n) is 1.79. The Labute approximate surface area is 93.3 Å². The standard InChI is InChI=1S/C13H11N3/c1-10-7-8-13-12(9-10)14-15-16(13)11-5-3-2-4-6-11/h2-9H,1H3. The fraction of sp³-hybridized carbons (Fsp3) is 0.0769. The highest BCUT2D eigenvalue weighted by atomic mass is 15.4. The van der Waals surface area contributed by atoms with Crippen LogP contribution in [0, 0.1) is 6.92 Å². The summed E-state index contributed by atoms with van der Waals surface area (Å²) in [4.78, 5) is 0. The van der Waals surface area contributed by atoms with Crippen molar-refractivity contribution in [1.82, 2.24) is 15.0 Å². The van der Waals surface area contributed by atoms with Crippen LogP contribution in [0.15, 0.2) is 48.5 Å². The van der Waals surface area contributed by atoms with Gasteiger partial charge in [-0.1, -0.05) is 29.5 Å². The predicted octanol–water partition coefficient (Wildman–Crippen LogP) is 2.73. The summed E-state index contributed by atoms with van der Waals surface area (Å²) in [6.07, 6.45) is 0. The van der Waals surface area contributed by atoms with Gasteiger partial charge in [-0.3, -0.25) is 0 Å². The fourth-order valence-corrected chi connectivity index (χ4v) is 1.79. The molecule has 0 amide bonds. The van der Waals surface area contributed by atoms with Crippen LogP contribution in [0.25, 0.3) is 16.7 Å². The summed E-state index contributed by atoms with van der Waals surface area (Å²) in [6, 6.07) is 16.2. The lowest BCUT2D eigenvalue weighted by Gasteiger charge is -2.01. The van der Waals surface area contributed by atoms with Crippen LogP contribution in [-0.2, 0) is 0 Å². The summed E-state index contributed by atoms with van der Waals surface area (Å²) in [7, 11) is 0. The SMILES string of the molecule is Cc1ccc2c(c1)nnn2-c1ccccc1. The Hall–Kier alpha value is -2.16. The molecule has 3 rings (SSSR count). The van der Waals surface area contributed by atoms with Crippen molar-refractivity contribution >= 4 is 11.0 Å². The van der Waals surface area contributed by atoms with Gasteiger partial charge in [0.15, 0.2) is 0 Å². The van der Waals surface area contributed by atoms with Crippen molar-refractivity contribution in [3.63, 3.8) is 0 Å². The largest absolute Gasteiger partial charge is 0.213 e. The normalized spacial score (nSPS) is 10.8. The van der Waals surface area contributed by atoms with E-state index in [0.717, 1.165) is 16.7 Å². The van der Waals surface area contributed by atoms with Gasteiger partial charge in [0, 0.05) is 0 Å². The zero-order valence-corrected chi connectivity index (χ0v) is 8.96. The number of aromatic nitrogens is 3. The first-order chi connectivity index (χ1) is 7.84. The van der Waals surface area contributed by atoms with Crippen molar-refractivity contribution < 1.29 is 0 Å². The van der Waals surface area contributed by atoms with E-state index in [4.69, 9.17) is 0 Å². The average molecular weight is 209 g/mol. The summed E-state index contributed by atoms with van der Waals surface area (Å²) >= 11 is 0. The smallest absolute Gasteiger partial charge is 0.113 e. The third-order valence-electron chi connectivity index (χ3n) is 2.60. The molecule has 0 atom stereocenters. The number of hydrogen-bond acceptors (Lipinski definition) is 2. The third kappa shape index (κ3) is 1.37. The zero-order chi connectivity index (χ0) is 11.0. The second-order valence-corrected chi connectivity index (χ2v) is 3.83. The molecule has 0 bridgehead atoms. The number of nitrogens with zero attached hydrogens (tertiary/aromatic N) is 3. The molecule has 0 aliphatic carbocycles. The molecule has 0 fully saturated rings. The van der Waals surface area contributed by atoms with E-state index in [9.17, 15) is 0 Å². The summed E-state index contributed by atoms with van der Waals surface area (Å²) in [5.74, 6) is 0. The molecule has 0 unspecified atom stereocenters. The molecule has 0 N–H and O–H groups in total. The molecule has 0 aliphatic heterocycles. The van der Waals surface area contributed by atoms with Gasteiger partial charge < -0.3 is 0 Å². The van der Waals surface area contributed by atoms with E-state index in [1.807, 2.05) is 41.1 Å². The first kappa shape index (κ1) is 9.09. The highest BCUT2D eigenvalue weighted by molar-refractivity contribution is 5.76. The maximum absolute atomic E-state index is 4.17. The molecule has 0 spiro atoms. The Morgan fingerprint density at radius 3 is 2.62 bits per heavy atom. The lowest BCUT2D eigenvalue weighted by atomic mass is 10.2. The Kier molecular flexibility index (Phi) is 1.96. The Balaban J connectivity index is 2.26. The van der Waals surface area contributed by atoms with E-state index in [1.54, 1.807) is 0 Å². The number of fused-ring (bicyclic) bond motifs is 1. The van der Waals surface area contributed by atoms with Gasteiger partial charge in [0.25, 0.3) is 0 Å². The minimum Gasteiger partial charge on any atom is -0.213 e. The Morgan fingerprint density at radius 1 is 1.00 bits per heavy atom. The first-order valence-corrected chi connectivity index (χ1v) is 5.22. The second kappa shape index (κ2) is 3.45. The van der Waals surface area contributed by atoms with Crippen molar-refractivity contribution in [2.75, 3.05) is 0 Å². The van der Waals surface area contributed by atoms with Crippen molar-refractivity contribution in [3.05, 3.63) is 54.1 Å². The summed E-state index contributed by atoms with van der Waals surface area (Å²) < 4.78 is 1.86. The molecular formula is C13H11N3. The number of hydrogen-bond donors (Lipinski definition) is 0. The molecule has 3 heteroatoms. The molecule has 78 valence electrons. The van der Waals surface area contributed by atoms with Gasteiger partial charge in [0.05, 0.1) is 11.2 Å². The van der Waals surface area contributed by atoms with E-state index >= 15 is 0 Å². The lowest BCUT2D eigenvalue weighted by Crippen LogP contribution is -1.95. The molecule has 0 aliphatic rings. The highest BCUT2D eigenvalue weighted by Gasteiger charge is 2.05. The van der Waals surface area contributed by atoms with Gasteiger partial charge in [-0.05, 0) is 36.8 Å². The number of benzene rings is 2. The molecule has 2 aromatic carbocycles. The van der Waals surface area contributed by atoms with Crippen molar-refractivity contribution in [3.8, 4) is 5.69 Å². The third-order valence-corrected chi connectivity index (χ3v) is 2.60. The van der Waals surface area contributed by atoms with Crippen LogP contribution < -0.4 is 0 Å². The van der Waals surface area contributed by atoms with E-state index < -0.39 is 0 Å². The monoisotopic (exact) mass is 209 g/mol. The van der Waals surface area contributed by atoms with E-state index in [2.05, 4.69) is 29.4 Å². The molecule has 16 heavy (non-hydrogen) atoms. The minimum atomic E-state index is 0.934. The molecule has 0 saturated carbocycles. The van der Waals surface area contributed by atoms with Gasteiger partial charge in [0.1, 0.15) is 5.52 Å². The number of rotatable bonds is 1. The second-order valence-electron chi connectivity index (χ2n) is 3.83. The van der Waals surface area contributed by atoms with Gasteiger partial charge in [-0.25, -0.2) is 4.68 Å². The molecular weight excluding hydrogens is 198 g/mol. The first-order valence-electron chi connectivity index (χ1n) is 5.22. The maximum atomic E-state index is 4.17. The summed E-state index contributed by atoms with van der Waals surface area (Å²) in [5.41, 5.74) is 4.21. The number of aryl methyl sites for hydroxylation is 1. The predicted molar refractivity (Wildman–Crippen MR) is 63.6 cm³/mol. The summed E-state index contributed by atoms with van der Waals surface area (Å²) in [5, 5.41) is 8.34. The molecule has 0 radical (unpaired) electrons.